The molecule has 0 saturated heterocycles. The molecule has 0 aliphatic rings. The van der Waals surface area contributed by atoms with Crippen molar-refractivity contribution in [3.63, 3.8) is 0 Å². The number of thiol groups is 1. The van der Waals surface area contributed by atoms with Crippen LogP contribution in [0, 0.1) is 0 Å². The van der Waals surface area contributed by atoms with Crippen LogP contribution in [0.15, 0.2) is 0 Å². The molecule has 0 heterocycles. The molecule has 0 aliphatic carbocycles. The average molecular weight is 603 g/mol. The summed E-state index contributed by atoms with van der Waals surface area (Å²) in [4.78, 5) is 11.5. The SMILES string of the molecule is CC(C)(C)OC(=O)CCOCCOCCOCCOCCOCCOCCOCCOCCOCCOCCS. The maximum Gasteiger partial charge on any atom is 0.308 e. The number of carbonyl (C=O) groups excluding carboxylic acids is 1. The van der Waals surface area contributed by atoms with Crippen molar-refractivity contribution in [2.24, 2.45) is 0 Å². The number of ether oxygens (including phenoxy) is 11. The molecular formula is C27H54O12S. The minimum atomic E-state index is -0.470. The van der Waals surface area contributed by atoms with Gasteiger partial charge in [0.2, 0.25) is 0 Å². The van der Waals surface area contributed by atoms with Gasteiger partial charge in [-0.15, -0.1) is 0 Å². The minimum absolute atomic E-state index is 0.235. The van der Waals surface area contributed by atoms with E-state index >= 15 is 0 Å². The number of rotatable bonds is 32. The van der Waals surface area contributed by atoms with E-state index in [2.05, 4.69) is 12.6 Å². The fraction of sp³-hybridized carbons (Fsp3) is 0.963. The summed E-state index contributed by atoms with van der Waals surface area (Å²) in [5, 5.41) is 0. The first-order chi connectivity index (χ1) is 19.5. The van der Waals surface area contributed by atoms with E-state index in [4.69, 9.17) is 52.1 Å². The summed E-state index contributed by atoms with van der Waals surface area (Å²) >= 11 is 4.06. The van der Waals surface area contributed by atoms with E-state index in [-0.39, 0.29) is 12.4 Å². The van der Waals surface area contributed by atoms with Gasteiger partial charge in [-0.25, -0.2) is 0 Å². The highest BCUT2D eigenvalue weighted by Gasteiger charge is 2.15. The average Bonchev–Trinajstić information content (AvgIpc) is 2.90. The number of hydrogen-bond donors (Lipinski definition) is 1. The molecule has 40 heavy (non-hydrogen) atoms. The second kappa shape index (κ2) is 31.4. The van der Waals surface area contributed by atoms with Crippen LogP contribution in [0.4, 0.5) is 0 Å². The van der Waals surface area contributed by atoms with Gasteiger partial charge in [-0.2, -0.15) is 12.6 Å². The van der Waals surface area contributed by atoms with Crippen molar-refractivity contribution in [3.05, 3.63) is 0 Å². The number of esters is 1. The summed E-state index contributed by atoms with van der Waals surface area (Å²) < 4.78 is 59.2. The molecular weight excluding hydrogens is 548 g/mol. The van der Waals surface area contributed by atoms with E-state index in [1.807, 2.05) is 20.8 Å². The molecule has 0 bridgehead atoms. The highest BCUT2D eigenvalue weighted by atomic mass is 32.1. The van der Waals surface area contributed by atoms with Crippen molar-refractivity contribution in [1.82, 2.24) is 0 Å². The van der Waals surface area contributed by atoms with Crippen molar-refractivity contribution in [2.45, 2.75) is 32.8 Å². The molecule has 0 saturated carbocycles. The van der Waals surface area contributed by atoms with Crippen LogP contribution < -0.4 is 0 Å². The van der Waals surface area contributed by atoms with Crippen molar-refractivity contribution >= 4 is 18.6 Å². The topological polar surface area (TPSA) is 119 Å². The lowest BCUT2D eigenvalue weighted by atomic mass is 10.2. The van der Waals surface area contributed by atoms with Crippen LogP contribution in [0.1, 0.15) is 27.2 Å². The van der Waals surface area contributed by atoms with E-state index in [1.54, 1.807) is 0 Å². The van der Waals surface area contributed by atoms with Crippen LogP contribution in [-0.4, -0.2) is 149 Å². The molecule has 0 aromatic rings. The predicted octanol–water partition coefficient (Wildman–Crippen LogP) is 1.81. The first-order valence-electron chi connectivity index (χ1n) is 14.1. The molecule has 0 amide bonds. The third kappa shape index (κ3) is 35.4. The van der Waals surface area contributed by atoms with Crippen molar-refractivity contribution in [3.8, 4) is 0 Å². The molecule has 0 aromatic carbocycles. The molecule has 0 radical (unpaired) electrons. The summed E-state index contributed by atoms with van der Waals surface area (Å²) in [5.41, 5.74) is -0.470. The maximum absolute atomic E-state index is 11.5. The van der Waals surface area contributed by atoms with Gasteiger partial charge in [-0.1, -0.05) is 0 Å². The lowest BCUT2D eigenvalue weighted by Crippen LogP contribution is -2.24. The zero-order chi connectivity index (χ0) is 29.4. The lowest BCUT2D eigenvalue weighted by Gasteiger charge is -2.19. The number of hydrogen-bond acceptors (Lipinski definition) is 13. The lowest BCUT2D eigenvalue weighted by molar-refractivity contribution is -0.156. The monoisotopic (exact) mass is 602 g/mol. The first kappa shape index (κ1) is 39.4. The molecule has 0 spiro atoms. The Hall–Kier alpha value is -0.580. The van der Waals surface area contributed by atoms with Crippen molar-refractivity contribution < 1.29 is 56.9 Å². The normalized spacial score (nSPS) is 11.8. The third-order valence-corrected chi connectivity index (χ3v) is 4.64. The summed E-state index contributed by atoms with van der Waals surface area (Å²) in [5.74, 6) is 0.454. The second-order valence-corrected chi connectivity index (χ2v) is 9.63. The zero-order valence-corrected chi connectivity index (χ0v) is 25.8. The Balaban J connectivity index is 3.09. The summed E-state index contributed by atoms with van der Waals surface area (Å²) in [6, 6.07) is 0. The van der Waals surface area contributed by atoms with Gasteiger partial charge in [-0.3, -0.25) is 4.79 Å². The molecule has 13 heteroatoms. The Morgan fingerprint density at radius 3 is 0.875 bits per heavy atom. The van der Waals surface area contributed by atoms with E-state index in [9.17, 15) is 4.79 Å². The Labute approximate surface area is 246 Å². The zero-order valence-electron chi connectivity index (χ0n) is 24.9. The van der Waals surface area contributed by atoms with Gasteiger partial charge in [-0.05, 0) is 20.8 Å². The van der Waals surface area contributed by atoms with E-state index < -0.39 is 5.60 Å². The molecule has 0 fully saturated rings. The van der Waals surface area contributed by atoms with Crippen LogP contribution in [0.2, 0.25) is 0 Å². The standard InChI is InChI=1S/C27H54O12S/c1-27(2,3)39-26(28)4-5-29-6-7-30-8-9-31-10-11-32-12-13-33-14-15-34-16-17-35-18-19-36-20-21-37-22-23-38-24-25-40/h40H,4-25H2,1-3H3. The number of carbonyl (C=O) groups is 1. The summed E-state index contributed by atoms with van der Waals surface area (Å²) in [6.07, 6.45) is 0.235. The molecule has 0 N–H and O–H groups in total. The first-order valence-corrected chi connectivity index (χ1v) is 14.7. The Kier molecular flexibility index (Phi) is 30.9. The van der Waals surface area contributed by atoms with Gasteiger partial charge < -0.3 is 52.1 Å². The van der Waals surface area contributed by atoms with Crippen LogP contribution in [-0.2, 0) is 56.9 Å². The highest BCUT2D eigenvalue weighted by molar-refractivity contribution is 7.80. The van der Waals surface area contributed by atoms with Crippen LogP contribution in [0.5, 0.6) is 0 Å². The Morgan fingerprint density at radius 1 is 0.425 bits per heavy atom. The highest BCUT2D eigenvalue weighted by Crippen LogP contribution is 2.08. The summed E-state index contributed by atoms with van der Waals surface area (Å²) in [7, 11) is 0. The molecule has 0 atom stereocenters. The van der Waals surface area contributed by atoms with E-state index in [0.717, 1.165) is 5.75 Å². The van der Waals surface area contributed by atoms with Crippen molar-refractivity contribution in [2.75, 3.05) is 138 Å². The smallest absolute Gasteiger partial charge is 0.308 e. The molecule has 0 aromatic heterocycles. The van der Waals surface area contributed by atoms with Gasteiger partial charge in [0.15, 0.2) is 0 Å². The van der Waals surface area contributed by atoms with Gasteiger partial charge in [0.25, 0.3) is 0 Å². The van der Waals surface area contributed by atoms with Crippen LogP contribution in [0.25, 0.3) is 0 Å². The minimum Gasteiger partial charge on any atom is -0.460 e. The Morgan fingerprint density at radius 2 is 0.650 bits per heavy atom. The maximum atomic E-state index is 11.5. The quantitative estimate of drug-likeness (QED) is 0.0687. The fourth-order valence-electron chi connectivity index (χ4n) is 2.69. The molecule has 0 unspecified atom stereocenters. The van der Waals surface area contributed by atoms with Crippen LogP contribution >= 0.6 is 12.6 Å². The van der Waals surface area contributed by atoms with E-state index in [0.29, 0.717) is 132 Å². The second-order valence-electron chi connectivity index (χ2n) is 9.18. The molecule has 240 valence electrons. The summed E-state index contributed by atoms with van der Waals surface area (Å²) in [6.45, 7) is 15.6. The van der Waals surface area contributed by atoms with Gasteiger partial charge in [0.1, 0.15) is 5.60 Å². The van der Waals surface area contributed by atoms with Gasteiger partial charge >= 0.3 is 5.97 Å². The predicted molar refractivity (Wildman–Crippen MR) is 153 cm³/mol. The largest absolute Gasteiger partial charge is 0.460 e. The molecule has 0 aliphatic heterocycles. The van der Waals surface area contributed by atoms with Gasteiger partial charge in [0.05, 0.1) is 139 Å². The fourth-order valence-corrected chi connectivity index (χ4v) is 2.82. The Bertz CT molecular complexity index is 522. The molecule has 12 nitrogen and oxygen atoms in total. The van der Waals surface area contributed by atoms with E-state index in [1.165, 1.54) is 0 Å². The van der Waals surface area contributed by atoms with Crippen molar-refractivity contribution in [1.29, 1.82) is 0 Å². The van der Waals surface area contributed by atoms with Crippen LogP contribution in [0.3, 0.4) is 0 Å². The third-order valence-electron chi connectivity index (χ3n) is 4.45. The molecule has 0 rings (SSSR count). The van der Waals surface area contributed by atoms with Gasteiger partial charge in [0, 0.05) is 5.75 Å².